The fourth-order valence-electron chi connectivity index (χ4n) is 3.36. The third kappa shape index (κ3) is 3.52. The van der Waals surface area contributed by atoms with Crippen LogP contribution in [-0.2, 0) is 9.59 Å². The number of benzene rings is 2. The molecule has 1 atom stereocenters. The Kier molecular flexibility index (Phi) is 5.34. The lowest BCUT2D eigenvalue weighted by Gasteiger charge is -2.24. The highest BCUT2D eigenvalue weighted by molar-refractivity contribution is 9.10. The van der Waals surface area contributed by atoms with Crippen LogP contribution in [0.3, 0.4) is 0 Å². The minimum atomic E-state index is -0.712. The smallest absolute Gasteiger partial charge is 0.300 e. The molecule has 7 heteroatoms. The Morgan fingerprint density at radius 3 is 2.48 bits per heavy atom. The first kappa shape index (κ1) is 19.9. The first-order chi connectivity index (χ1) is 13.9. The lowest BCUT2D eigenvalue weighted by Crippen LogP contribution is -2.29. The highest BCUT2D eigenvalue weighted by Gasteiger charge is 2.47. The van der Waals surface area contributed by atoms with Gasteiger partial charge >= 0.3 is 0 Å². The van der Waals surface area contributed by atoms with E-state index in [2.05, 4.69) is 15.9 Å². The van der Waals surface area contributed by atoms with Gasteiger partial charge in [0.1, 0.15) is 11.8 Å². The quantitative estimate of drug-likeness (QED) is 0.275. The molecular formula is C22H15BrClNO3S. The van der Waals surface area contributed by atoms with Gasteiger partial charge in [-0.05, 0) is 60.3 Å². The molecule has 29 heavy (non-hydrogen) atoms. The maximum Gasteiger partial charge on any atom is 0.300 e. The normalized spacial score (nSPS) is 18.4. The topological polar surface area (TPSA) is 57.6 Å². The number of carbonyl (C=O) groups is 2. The summed E-state index contributed by atoms with van der Waals surface area (Å²) in [6, 6.07) is 15.0. The van der Waals surface area contributed by atoms with Crippen LogP contribution in [0.4, 0.5) is 5.69 Å². The van der Waals surface area contributed by atoms with Gasteiger partial charge < -0.3 is 5.11 Å². The molecule has 1 aliphatic rings. The largest absolute Gasteiger partial charge is 0.507 e. The summed E-state index contributed by atoms with van der Waals surface area (Å²) in [5.74, 6) is -1.58. The van der Waals surface area contributed by atoms with E-state index in [-0.39, 0.29) is 11.3 Å². The number of Topliss-reactive ketones (excluding diaryl/α,β-unsaturated/α-hetero) is 1. The number of aryl methyl sites for hydroxylation is 1. The van der Waals surface area contributed by atoms with Gasteiger partial charge in [-0.1, -0.05) is 39.7 Å². The van der Waals surface area contributed by atoms with Crippen molar-refractivity contribution in [3.05, 3.63) is 91.0 Å². The maximum absolute atomic E-state index is 13.0. The summed E-state index contributed by atoms with van der Waals surface area (Å²) in [4.78, 5) is 28.2. The second kappa shape index (κ2) is 7.78. The van der Waals surface area contributed by atoms with Crippen LogP contribution in [0.5, 0.6) is 0 Å². The van der Waals surface area contributed by atoms with Crippen molar-refractivity contribution in [2.24, 2.45) is 0 Å². The molecule has 0 spiro atoms. The third-order valence-electron chi connectivity index (χ3n) is 4.79. The van der Waals surface area contributed by atoms with Gasteiger partial charge in [0.25, 0.3) is 11.7 Å². The summed E-state index contributed by atoms with van der Waals surface area (Å²) in [6.07, 6.45) is 0. The van der Waals surface area contributed by atoms with Crippen molar-refractivity contribution >= 4 is 62.0 Å². The molecule has 1 amide bonds. The Bertz CT molecular complexity index is 1140. The van der Waals surface area contributed by atoms with Gasteiger partial charge in [0, 0.05) is 25.6 Å². The molecule has 146 valence electrons. The highest BCUT2D eigenvalue weighted by Crippen LogP contribution is 2.43. The van der Waals surface area contributed by atoms with Gasteiger partial charge in [-0.25, -0.2) is 0 Å². The average molecular weight is 489 g/mol. The number of rotatable bonds is 3. The van der Waals surface area contributed by atoms with Crippen molar-refractivity contribution in [1.29, 1.82) is 0 Å². The summed E-state index contributed by atoms with van der Waals surface area (Å²) in [7, 11) is 0. The lowest BCUT2D eigenvalue weighted by atomic mass is 9.99. The maximum atomic E-state index is 13.0. The monoisotopic (exact) mass is 487 g/mol. The van der Waals surface area contributed by atoms with Crippen LogP contribution in [-0.4, -0.2) is 16.8 Å². The predicted molar refractivity (Wildman–Crippen MR) is 119 cm³/mol. The molecule has 0 aliphatic carbocycles. The first-order valence-electron chi connectivity index (χ1n) is 8.75. The van der Waals surface area contributed by atoms with E-state index in [9.17, 15) is 14.7 Å². The van der Waals surface area contributed by atoms with Gasteiger partial charge in [0.15, 0.2) is 0 Å². The fourth-order valence-corrected chi connectivity index (χ4v) is 4.56. The van der Waals surface area contributed by atoms with E-state index in [4.69, 9.17) is 11.6 Å². The van der Waals surface area contributed by atoms with Gasteiger partial charge in [0.05, 0.1) is 5.57 Å². The molecule has 1 unspecified atom stereocenters. The number of nitrogens with zero attached hydrogens (tertiary/aromatic N) is 1. The number of anilines is 1. The van der Waals surface area contributed by atoms with Crippen LogP contribution >= 0.6 is 38.9 Å². The van der Waals surface area contributed by atoms with E-state index in [0.29, 0.717) is 16.3 Å². The van der Waals surface area contributed by atoms with E-state index >= 15 is 0 Å². The molecule has 1 N–H and O–H groups in total. The number of hydrogen-bond acceptors (Lipinski definition) is 4. The average Bonchev–Trinajstić information content (AvgIpc) is 3.32. The van der Waals surface area contributed by atoms with Crippen molar-refractivity contribution in [3.8, 4) is 0 Å². The van der Waals surface area contributed by atoms with Crippen molar-refractivity contribution in [1.82, 2.24) is 0 Å². The molecule has 1 aliphatic heterocycles. The SMILES string of the molecule is Cc1cc(/C(O)=C2/C(=O)C(=O)N(c3ccc(Cl)cc3)C2c2cccs2)ccc1Br. The Morgan fingerprint density at radius 1 is 1.14 bits per heavy atom. The van der Waals surface area contributed by atoms with Crippen molar-refractivity contribution in [3.63, 3.8) is 0 Å². The Morgan fingerprint density at radius 2 is 1.86 bits per heavy atom. The minimum Gasteiger partial charge on any atom is -0.507 e. The zero-order chi connectivity index (χ0) is 20.7. The van der Waals surface area contributed by atoms with Gasteiger partial charge in [-0.15, -0.1) is 11.3 Å². The van der Waals surface area contributed by atoms with Crippen LogP contribution in [0.15, 0.2) is 70.0 Å². The fraction of sp³-hybridized carbons (Fsp3) is 0.0909. The molecule has 0 saturated carbocycles. The van der Waals surface area contributed by atoms with Gasteiger partial charge in [-0.3, -0.25) is 14.5 Å². The highest BCUT2D eigenvalue weighted by atomic mass is 79.9. The Hall–Kier alpha value is -2.41. The van der Waals surface area contributed by atoms with Gasteiger partial charge in [-0.2, -0.15) is 0 Å². The molecule has 3 aromatic rings. The minimum absolute atomic E-state index is 0.0779. The van der Waals surface area contributed by atoms with Crippen LogP contribution in [0.1, 0.15) is 22.0 Å². The van der Waals surface area contributed by atoms with Crippen LogP contribution < -0.4 is 4.90 Å². The summed E-state index contributed by atoms with van der Waals surface area (Å²) < 4.78 is 0.894. The summed E-state index contributed by atoms with van der Waals surface area (Å²) in [5.41, 5.74) is 2.02. The molecule has 0 radical (unpaired) electrons. The number of ketones is 1. The zero-order valence-corrected chi connectivity index (χ0v) is 18.4. The number of amides is 1. The molecule has 1 aromatic heterocycles. The van der Waals surface area contributed by atoms with Crippen LogP contribution in [0.25, 0.3) is 5.76 Å². The number of halogens is 2. The predicted octanol–water partition coefficient (Wildman–Crippen LogP) is 6.10. The number of thiophene rings is 1. The molecule has 4 rings (SSSR count). The van der Waals surface area contributed by atoms with Crippen molar-refractivity contribution in [2.75, 3.05) is 4.90 Å². The Balaban J connectivity index is 1.92. The third-order valence-corrected chi connectivity index (χ3v) is 6.86. The number of carbonyl (C=O) groups excluding carboxylic acids is 2. The van der Waals surface area contributed by atoms with E-state index in [1.807, 2.05) is 24.4 Å². The standard InChI is InChI=1S/C22H15BrClNO3S/c1-12-11-13(4-9-16(12)23)20(26)18-19(17-3-2-10-29-17)25(22(28)21(18)27)15-7-5-14(24)6-8-15/h2-11,19,26H,1H3/b20-18-. The molecule has 1 saturated heterocycles. The zero-order valence-electron chi connectivity index (χ0n) is 15.2. The molecule has 2 aromatic carbocycles. The van der Waals surface area contributed by atoms with Crippen molar-refractivity contribution < 1.29 is 14.7 Å². The molecular weight excluding hydrogens is 474 g/mol. The van der Waals surface area contributed by atoms with Gasteiger partial charge in [0.2, 0.25) is 0 Å². The second-order valence-electron chi connectivity index (χ2n) is 6.62. The van der Waals surface area contributed by atoms with Crippen LogP contribution in [0, 0.1) is 6.92 Å². The molecule has 1 fully saturated rings. The lowest BCUT2D eigenvalue weighted by molar-refractivity contribution is -0.132. The van der Waals surface area contributed by atoms with Crippen LogP contribution in [0.2, 0.25) is 5.02 Å². The number of aliphatic hydroxyl groups is 1. The molecule has 4 nitrogen and oxygen atoms in total. The summed E-state index contributed by atoms with van der Waals surface area (Å²) >= 11 is 10.8. The second-order valence-corrected chi connectivity index (χ2v) is 8.89. The Labute approximate surface area is 185 Å². The van der Waals surface area contributed by atoms with E-state index < -0.39 is 17.7 Å². The summed E-state index contributed by atoms with van der Waals surface area (Å²) in [6.45, 7) is 1.89. The molecule has 0 bridgehead atoms. The number of hydrogen-bond donors (Lipinski definition) is 1. The first-order valence-corrected chi connectivity index (χ1v) is 10.8. The summed E-state index contributed by atoms with van der Waals surface area (Å²) in [5, 5.41) is 13.5. The van der Waals surface area contributed by atoms with E-state index in [0.717, 1.165) is 14.9 Å². The number of aliphatic hydroxyl groups excluding tert-OH is 1. The van der Waals surface area contributed by atoms with E-state index in [1.54, 1.807) is 42.5 Å². The van der Waals surface area contributed by atoms with E-state index in [1.165, 1.54) is 16.2 Å². The van der Waals surface area contributed by atoms with Crippen molar-refractivity contribution in [2.45, 2.75) is 13.0 Å². The molecule has 2 heterocycles.